The van der Waals surface area contributed by atoms with Gasteiger partial charge in [-0.2, -0.15) is 0 Å². The van der Waals surface area contributed by atoms with Gasteiger partial charge in [-0.3, -0.25) is 0 Å². The fraction of sp³-hybridized carbons (Fsp3) is 0.300. The predicted molar refractivity (Wildman–Crippen MR) is 45.5 cm³/mol. The number of hydrogen-bond donors (Lipinski definition) is 0. The van der Waals surface area contributed by atoms with Crippen molar-refractivity contribution in [2.24, 2.45) is 0 Å². The molecule has 1 aromatic carbocycles. The molecule has 1 heteroatoms. The van der Waals surface area contributed by atoms with Crippen molar-refractivity contribution in [3.63, 3.8) is 0 Å². The van der Waals surface area contributed by atoms with E-state index in [1.165, 1.54) is 5.56 Å². The maximum absolute atomic E-state index is 2.23. The molecule has 0 aliphatic heterocycles. The zero-order chi connectivity index (χ0) is 8.32. The van der Waals surface area contributed by atoms with Gasteiger partial charge in [-0.15, -0.1) is 0 Å². The Morgan fingerprint density at radius 3 is 2.18 bits per heavy atom. The molecule has 0 aliphatic carbocycles. The van der Waals surface area contributed by atoms with E-state index in [0.29, 0.717) is 0 Å². The van der Waals surface area contributed by atoms with Crippen molar-refractivity contribution >= 4 is 4.40 Å². The summed E-state index contributed by atoms with van der Waals surface area (Å²) in [6.45, 7) is 4.45. The van der Waals surface area contributed by atoms with Crippen LogP contribution in [-0.4, -0.2) is 4.40 Å². The number of benzene rings is 1. The predicted octanol–water partition coefficient (Wildman–Crippen LogP) is 2.31. The molecule has 0 atom stereocenters. The first-order valence-corrected chi connectivity index (χ1v) is 4.84. The molecule has 58 valence electrons. The third kappa shape index (κ3) is 2.10. The van der Waals surface area contributed by atoms with E-state index < -0.39 is 0 Å². The summed E-state index contributed by atoms with van der Waals surface area (Å²) in [5.74, 6) is 0. The quantitative estimate of drug-likeness (QED) is 0.681. The standard InChI is InChI=1S/C10H12.Mo/c1-10(2,3)9-7-5-4-6-8-9;/h1,4-8H,2-3H3;. The minimum atomic E-state index is 0.214. The monoisotopic (exact) mass is 230 g/mol. The van der Waals surface area contributed by atoms with Gasteiger partial charge >= 0.3 is 78.9 Å². The van der Waals surface area contributed by atoms with Crippen LogP contribution in [0.2, 0.25) is 0 Å². The van der Waals surface area contributed by atoms with Crippen molar-refractivity contribution in [3.8, 4) is 0 Å². The van der Waals surface area contributed by atoms with E-state index in [-0.39, 0.29) is 5.41 Å². The van der Waals surface area contributed by atoms with Gasteiger partial charge in [0.1, 0.15) is 0 Å². The third-order valence-electron chi connectivity index (χ3n) is 1.81. The average molecular weight is 228 g/mol. The second kappa shape index (κ2) is 3.45. The molecule has 0 bridgehead atoms. The van der Waals surface area contributed by atoms with E-state index in [4.69, 9.17) is 0 Å². The maximum atomic E-state index is 2.23. The van der Waals surface area contributed by atoms with Crippen molar-refractivity contribution < 1.29 is 19.4 Å². The van der Waals surface area contributed by atoms with Crippen LogP contribution in [0.25, 0.3) is 0 Å². The van der Waals surface area contributed by atoms with Crippen LogP contribution >= 0.6 is 0 Å². The van der Waals surface area contributed by atoms with Gasteiger partial charge in [0, 0.05) is 0 Å². The number of rotatable bonds is 2. The van der Waals surface area contributed by atoms with Gasteiger partial charge in [0.2, 0.25) is 0 Å². The van der Waals surface area contributed by atoms with Crippen molar-refractivity contribution in [2.75, 3.05) is 0 Å². The Bertz CT molecular complexity index is 236. The molecule has 0 spiro atoms. The molecule has 0 radical (unpaired) electrons. The van der Waals surface area contributed by atoms with Crippen LogP contribution in [0.5, 0.6) is 0 Å². The topological polar surface area (TPSA) is 0 Å². The van der Waals surface area contributed by atoms with E-state index in [0.717, 1.165) is 0 Å². The normalized spacial score (nSPS) is 11.1. The molecule has 11 heavy (non-hydrogen) atoms. The Morgan fingerprint density at radius 1 is 1.18 bits per heavy atom. The van der Waals surface area contributed by atoms with Gasteiger partial charge in [-0.25, -0.2) is 0 Å². The van der Waals surface area contributed by atoms with Crippen LogP contribution in [-0.2, 0) is 24.8 Å². The summed E-state index contributed by atoms with van der Waals surface area (Å²) in [5.41, 5.74) is 1.59. The minimum absolute atomic E-state index is 0.214. The summed E-state index contributed by atoms with van der Waals surface area (Å²) in [6.07, 6.45) is 0. The Morgan fingerprint density at radius 2 is 1.73 bits per heavy atom. The van der Waals surface area contributed by atoms with Gasteiger partial charge < -0.3 is 0 Å². The van der Waals surface area contributed by atoms with Gasteiger partial charge in [0.25, 0.3) is 0 Å². The summed E-state index contributed by atoms with van der Waals surface area (Å²) in [6, 6.07) is 10.6. The average Bonchev–Trinajstić information content (AvgIpc) is 2.06. The molecule has 1 rings (SSSR count). The molecule has 0 nitrogen and oxygen atoms in total. The van der Waals surface area contributed by atoms with E-state index >= 15 is 0 Å². The molecular formula is C10H12Mo. The summed E-state index contributed by atoms with van der Waals surface area (Å²) in [7, 11) is 0. The summed E-state index contributed by atoms with van der Waals surface area (Å²) in [5, 5.41) is 0. The van der Waals surface area contributed by atoms with Crippen LogP contribution < -0.4 is 0 Å². The Hall–Kier alpha value is -0.222. The molecule has 0 aromatic heterocycles. The molecular weight excluding hydrogens is 216 g/mol. The Labute approximate surface area is 79.0 Å². The SMILES string of the molecule is CC(C)([CH]=[Mo])c1ccccc1. The molecule has 0 fully saturated rings. The van der Waals surface area contributed by atoms with E-state index in [1.54, 1.807) is 0 Å². The summed E-state index contributed by atoms with van der Waals surface area (Å²) < 4.78 is 2.23. The second-order valence-corrected chi connectivity index (χ2v) is 3.78. The second-order valence-electron chi connectivity index (χ2n) is 3.21. The van der Waals surface area contributed by atoms with E-state index in [9.17, 15) is 0 Å². The first kappa shape index (κ1) is 8.87. The van der Waals surface area contributed by atoms with Crippen LogP contribution in [0, 0.1) is 0 Å². The molecule has 0 amide bonds. The first-order valence-electron chi connectivity index (χ1n) is 3.69. The van der Waals surface area contributed by atoms with Gasteiger partial charge in [0.05, 0.1) is 0 Å². The van der Waals surface area contributed by atoms with Crippen LogP contribution in [0.3, 0.4) is 0 Å². The van der Waals surface area contributed by atoms with Crippen molar-refractivity contribution in [1.82, 2.24) is 0 Å². The van der Waals surface area contributed by atoms with Crippen LogP contribution in [0.15, 0.2) is 30.3 Å². The first-order chi connectivity index (χ1) is 5.17. The fourth-order valence-corrected chi connectivity index (χ4v) is 1.27. The third-order valence-corrected chi connectivity index (χ3v) is 3.26. The van der Waals surface area contributed by atoms with Crippen molar-refractivity contribution in [2.45, 2.75) is 19.3 Å². The molecule has 0 unspecified atom stereocenters. The van der Waals surface area contributed by atoms with Crippen molar-refractivity contribution in [1.29, 1.82) is 0 Å². The van der Waals surface area contributed by atoms with Gasteiger partial charge in [-0.05, 0) is 0 Å². The molecule has 0 N–H and O–H groups in total. The van der Waals surface area contributed by atoms with E-state index in [1.807, 2.05) is 19.4 Å². The molecule has 1 aromatic rings. The van der Waals surface area contributed by atoms with E-state index in [2.05, 4.69) is 48.6 Å². The zero-order valence-corrected chi connectivity index (χ0v) is 8.88. The van der Waals surface area contributed by atoms with Crippen LogP contribution in [0.4, 0.5) is 0 Å². The molecule has 0 heterocycles. The molecule has 0 saturated carbocycles. The number of hydrogen-bond acceptors (Lipinski definition) is 0. The summed E-state index contributed by atoms with van der Waals surface area (Å²) >= 11 is 2.04. The van der Waals surface area contributed by atoms with Gasteiger partial charge in [0.15, 0.2) is 0 Å². The summed E-state index contributed by atoms with van der Waals surface area (Å²) in [4.78, 5) is 0. The Kier molecular flexibility index (Phi) is 2.78. The fourth-order valence-electron chi connectivity index (χ4n) is 0.936. The molecule has 0 aliphatic rings. The zero-order valence-electron chi connectivity index (χ0n) is 6.87. The van der Waals surface area contributed by atoms with Crippen LogP contribution in [0.1, 0.15) is 19.4 Å². The molecule has 0 saturated heterocycles. The van der Waals surface area contributed by atoms with Crippen molar-refractivity contribution in [3.05, 3.63) is 35.9 Å². The van der Waals surface area contributed by atoms with Gasteiger partial charge in [-0.1, -0.05) is 0 Å². The Balaban J connectivity index is 3.02.